The first-order valence-corrected chi connectivity index (χ1v) is 7.52. The third kappa shape index (κ3) is 3.23. The molecule has 0 aromatic carbocycles. The lowest BCUT2D eigenvalue weighted by Crippen LogP contribution is -2.52. The molecule has 2 amide bonds. The number of likely N-dealkylation sites (tertiary alicyclic amines) is 1. The van der Waals surface area contributed by atoms with Gasteiger partial charge in [-0.25, -0.2) is 4.79 Å². The summed E-state index contributed by atoms with van der Waals surface area (Å²) < 4.78 is 0. The van der Waals surface area contributed by atoms with Crippen LogP contribution in [0.4, 0.5) is 4.79 Å². The summed E-state index contributed by atoms with van der Waals surface area (Å²) in [4.78, 5) is 29.5. The number of urea groups is 1. The van der Waals surface area contributed by atoms with E-state index in [2.05, 4.69) is 11.8 Å². The van der Waals surface area contributed by atoms with Gasteiger partial charge in [0.25, 0.3) is 0 Å². The summed E-state index contributed by atoms with van der Waals surface area (Å²) in [5, 5.41) is 9.13. The number of rotatable bonds is 3. The van der Waals surface area contributed by atoms with Crippen molar-refractivity contribution in [1.82, 2.24) is 14.7 Å². The molecule has 1 N–H and O–H groups in total. The maximum atomic E-state index is 12.4. The Morgan fingerprint density at radius 1 is 1.10 bits per heavy atom. The molecule has 2 rings (SSSR count). The Morgan fingerprint density at radius 2 is 1.75 bits per heavy atom. The highest BCUT2D eigenvalue weighted by Crippen LogP contribution is 2.24. The standard InChI is InChI=1S/C14H25N3O3/c1-3-4-15-5-7-16(8-6-15)14(20)17-9-11(2)12(10-17)13(18)19/h11-12H,3-10H2,1-2H3,(H,18,19). The molecule has 114 valence electrons. The highest BCUT2D eigenvalue weighted by Gasteiger charge is 2.38. The molecular weight excluding hydrogens is 258 g/mol. The minimum Gasteiger partial charge on any atom is -0.481 e. The summed E-state index contributed by atoms with van der Waals surface area (Å²) in [6.45, 7) is 9.42. The lowest BCUT2D eigenvalue weighted by molar-refractivity contribution is -0.142. The SMILES string of the molecule is CCCN1CCN(C(=O)N2CC(C)C(C(=O)O)C2)CC1. The molecule has 0 aromatic heterocycles. The number of carbonyl (C=O) groups excluding carboxylic acids is 1. The number of carboxylic acids is 1. The second kappa shape index (κ2) is 6.43. The Balaban J connectivity index is 1.85. The minimum absolute atomic E-state index is 0.0109. The van der Waals surface area contributed by atoms with Crippen LogP contribution in [0, 0.1) is 11.8 Å². The van der Waals surface area contributed by atoms with Crippen LogP contribution in [0.5, 0.6) is 0 Å². The quantitative estimate of drug-likeness (QED) is 0.831. The van der Waals surface area contributed by atoms with Gasteiger partial charge in [0, 0.05) is 39.3 Å². The van der Waals surface area contributed by atoms with Crippen LogP contribution in [0.2, 0.25) is 0 Å². The number of piperazine rings is 1. The third-order valence-corrected chi connectivity index (χ3v) is 4.38. The van der Waals surface area contributed by atoms with E-state index >= 15 is 0 Å². The van der Waals surface area contributed by atoms with Gasteiger partial charge >= 0.3 is 12.0 Å². The highest BCUT2D eigenvalue weighted by atomic mass is 16.4. The number of carboxylic acid groups (broad SMARTS) is 1. The summed E-state index contributed by atoms with van der Waals surface area (Å²) >= 11 is 0. The van der Waals surface area contributed by atoms with E-state index in [1.807, 2.05) is 11.8 Å². The van der Waals surface area contributed by atoms with E-state index in [1.54, 1.807) is 4.90 Å². The van der Waals surface area contributed by atoms with E-state index in [0.29, 0.717) is 13.1 Å². The first kappa shape index (κ1) is 15.1. The molecule has 2 fully saturated rings. The minimum atomic E-state index is -0.791. The molecule has 2 unspecified atom stereocenters. The second-order valence-electron chi connectivity index (χ2n) is 5.94. The molecule has 6 heteroatoms. The van der Waals surface area contributed by atoms with Crippen molar-refractivity contribution in [2.75, 3.05) is 45.8 Å². The van der Waals surface area contributed by atoms with Crippen molar-refractivity contribution < 1.29 is 14.7 Å². The predicted molar refractivity (Wildman–Crippen MR) is 75.6 cm³/mol. The molecular formula is C14H25N3O3. The van der Waals surface area contributed by atoms with Crippen molar-refractivity contribution in [2.24, 2.45) is 11.8 Å². The van der Waals surface area contributed by atoms with Crippen LogP contribution >= 0.6 is 0 Å². The molecule has 0 aliphatic carbocycles. The first-order chi connectivity index (χ1) is 9.52. The smallest absolute Gasteiger partial charge is 0.320 e. The predicted octanol–water partition coefficient (Wildman–Crippen LogP) is 0.786. The topological polar surface area (TPSA) is 64.1 Å². The van der Waals surface area contributed by atoms with Gasteiger partial charge in [0.1, 0.15) is 0 Å². The fourth-order valence-electron chi connectivity index (χ4n) is 3.12. The summed E-state index contributed by atoms with van der Waals surface area (Å²) in [5.41, 5.74) is 0. The molecule has 0 saturated carbocycles. The molecule has 0 radical (unpaired) electrons. The normalized spacial score (nSPS) is 27.9. The largest absolute Gasteiger partial charge is 0.481 e. The van der Waals surface area contributed by atoms with Gasteiger partial charge in [0.15, 0.2) is 0 Å². The number of carbonyl (C=O) groups is 2. The lowest BCUT2D eigenvalue weighted by Gasteiger charge is -2.36. The van der Waals surface area contributed by atoms with Gasteiger partial charge in [-0.05, 0) is 18.9 Å². The van der Waals surface area contributed by atoms with Crippen molar-refractivity contribution in [3.8, 4) is 0 Å². The van der Waals surface area contributed by atoms with Crippen molar-refractivity contribution >= 4 is 12.0 Å². The second-order valence-corrected chi connectivity index (χ2v) is 5.94. The zero-order valence-electron chi connectivity index (χ0n) is 12.4. The van der Waals surface area contributed by atoms with Gasteiger partial charge in [-0.3, -0.25) is 9.69 Å². The number of hydrogen-bond donors (Lipinski definition) is 1. The Labute approximate surface area is 120 Å². The number of amides is 2. The maximum absolute atomic E-state index is 12.4. The van der Waals surface area contributed by atoms with Gasteiger partial charge in [-0.15, -0.1) is 0 Å². The lowest BCUT2D eigenvalue weighted by atomic mass is 9.99. The molecule has 2 aliphatic rings. The van der Waals surface area contributed by atoms with E-state index in [4.69, 9.17) is 5.11 Å². The van der Waals surface area contributed by atoms with Gasteiger partial charge in [-0.1, -0.05) is 13.8 Å². The number of hydrogen-bond acceptors (Lipinski definition) is 3. The van der Waals surface area contributed by atoms with Gasteiger partial charge in [-0.2, -0.15) is 0 Å². The van der Waals surface area contributed by atoms with Crippen molar-refractivity contribution in [2.45, 2.75) is 20.3 Å². The molecule has 0 bridgehead atoms. The summed E-state index contributed by atoms with van der Waals surface area (Å²) in [6, 6.07) is 0.0109. The van der Waals surface area contributed by atoms with Crippen LogP contribution in [0.25, 0.3) is 0 Å². The van der Waals surface area contributed by atoms with E-state index in [9.17, 15) is 9.59 Å². The van der Waals surface area contributed by atoms with E-state index in [-0.39, 0.29) is 11.9 Å². The number of nitrogens with zero attached hydrogens (tertiary/aromatic N) is 3. The van der Waals surface area contributed by atoms with Crippen LogP contribution in [-0.4, -0.2) is 77.6 Å². The van der Waals surface area contributed by atoms with Crippen LogP contribution in [0.1, 0.15) is 20.3 Å². The van der Waals surface area contributed by atoms with Gasteiger partial charge < -0.3 is 14.9 Å². The van der Waals surface area contributed by atoms with Crippen LogP contribution in [0.3, 0.4) is 0 Å². The summed E-state index contributed by atoms with van der Waals surface area (Å²) in [6.07, 6.45) is 1.14. The molecule has 2 atom stereocenters. The van der Waals surface area contributed by atoms with Gasteiger partial charge in [0.05, 0.1) is 5.92 Å². The van der Waals surface area contributed by atoms with Crippen molar-refractivity contribution in [1.29, 1.82) is 0 Å². The van der Waals surface area contributed by atoms with Crippen LogP contribution in [0.15, 0.2) is 0 Å². The fraction of sp³-hybridized carbons (Fsp3) is 0.857. The zero-order chi connectivity index (χ0) is 14.7. The van der Waals surface area contributed by atoms with E-state index in [0.717, 1.165) is 39.1 Å². The fourth-order valence-corrected chi connectivity index (χ4v) is 3.12. The van der Waals surface area contributed by atoms with Crippen molar-refractivity contribution in [3.05, 3.63) is 0 Å². The third-order valence-electron chi connectivity index (χ3n) is 4.38. The molecule has 2 saturated heterocycles. The molecule has 6 nitrogen and oxygen atoms in total. The monoisotopic (exact) mass is 283 g/mol. The Morgan fingerprint density at radius 3 is 2.25 bits per heavy atom. The first-order valence-electron chi connectivity index (χ1n) is 7.52. The average Bonchev–Trinajstić information content (AvgIpc) is 2.81. The van der Waals surface area contributed by atoms with Gasteiger partial charge in [0.2, 0.25) is 0 Å². The highest BCUT2D eigenvalue weighted by molar-refractivity contribution is 5.77. The molecule has 2 aliphatic heterocycles. The molecule has 2 heterocycles. The Kier molecular flexibility index (Phi) is 4.86. The van der Waals surface area contributed by atoms with Crippen LogP contribution in [-0.2, 0) is 4.79 Å². The zero-order valence-corrected chi connectivity index (χ0v) is 12.4. The summed E-state index contributed by atoms with van der Waals surface area (Å²) in [7, 11) is 0. The molecule has 20 heavy (non-hydrogen) atoms. The van der Waals surface area contributed by atoms with E-state index in [1.165, 1.54) is 0 Å². The molecule has 0 aromatic rings. The average molecular weight is 283 g/mol. The summed E-state index contributed by atoms with van der Waals surface area (Å²) in [5.74, 6) is -1.17. The molecule has 0 spiro atoms. The van der Waals surface area contributed by atoms with Crippen molar-refractivity contribution in [3.63, 3.8) is 0 Å². The Hall–Kier alpha value is -1.30. The maximum Gasteiger partial charge on any atom is 0.320 e. The Bertz CT molecular complexity index is 367. The number of aliphatic carboxylic acids is 1. The van der Waals surface area contributed by atoms with E-state index < -0.39 is 11.9 Å². The van der Waals surface area contributed by atoms with Crippen LogP contribution < -0.4 is 0 Å².